The lowest BCUT2D eigenvalue weighted by Crippen LogP contribution is -2.02. The Bertz CT molecular complexity index is 542. The molecule has 2 aromatic heterocycles. The van der Waals surface area contributed by atoms with Crippen molar-refractivity contribution in [3.63, 3.8) is 0 Å². The molecule has 2 rings (SSSR count). The largest absolute Gasteiger partial charge is 0.384 e. The van der Waals surface area contributed by atoms with E-state index in [9.17, 15) is 10.1 Å². The smallest absolute Gasteiger partial charge is 0.291 e. The van der Waals surface area contributed by atoms with Crippen molar-refractivity contribution in [1.82, 2.24) is 9.97 Å². The van der Waals surface area contributed by atoms with Crippen molar-refractivity contribution in [3.8, 4) is 0 Å². The van der Waals surface area contributed by atoms with Gasteiger partial charge in [-0.15, -0.1) is 0 Å². The standard InChI is InChI=1S/C11H10N4O2/c12-11-2-1-10(15(16)17)9(14-11)7-8-3-5-13-6-4-8/h1-6H,7H2,(H2,12,14). The van der Waals surface area contributed by atoms with E-state index in [2.05, 4.69) is 9.97 Å². The first-order chi connectivity index (χ1) is 8.16. The molecule has 0 spiro atoms. The highest BCUT2D eigenvalue weighted by Gasteiger charge is 2.15. The monoisotopic (exact) mass is 230 g/mol. The van der Waals surface area contributed by atoms with Crippen LogP contribution in [0.1, 0.15) is 11.3 Å². The average Bonchev–Trinajstić information content (AvgIpc) is 2.30. The number of rotatable bonds is 3. The molecule has 0 aliphatic heterocycles. The highest BCUT2D eigenvalue weighted by atomic mass is 16.6. The van der Waals surface area contributed by atoms with Gasteiger partial charge in [0.25, 0.3) is 5.69 Å². The van der Waals surface area contributed by atoms with Crippen LogP contribution in [0.5, 0.6) is 0 Å². The Morgan fingerprint density at radius 2 is 1.94 bits per heavy atom. The van der Waals surface area contributed by atoms with Crippen LogP contribution < -0.4 is 5.73 Å². The van der Waals surface area contributed by atoms with Gasteiger partial charge in [0.2, 0.25) is 0 Å². The summed E-state index contributed by atoms with van der Waals surface area (Å²) in [6, 6.07) is 6.37. The fraction of sp³-hybridized carbons (Fsp3) is 0.0909. The zero-order chi connectivity index (χ0) is 12.3. The summed E-state index contributed by atoms with van der Waals surface area (Å²) in [5.41, 5.74) is 6.78. The second kappa shape index (κ2) is 4.56. The summed E-state index contributed by atoms with van der Waals surface area (Å²) in [5, 5.41) is 10.8. The zero-order valence-electron chi connectivity index (χ0n) is 8.91. The van der Waals surface area contributed by atoms with E-state index in [-0.39, 0.29) is 11.5 Å². The molecule has 0 fully saturated rings. The first-order valence-electron chi connectivity index (χ1n) is 4.95. The lowest BCUT2D eigenvalue weighted by atomic mass is 10.1. The summed E-state index contributed by atoms with van der Waals surface area (Å²) >= 11 is 0. The van der Waals surface area contributed by atoms with Crippen molar-refractivity contribution in [2.45, 2.75) is 6.42 Å². The number of nitrogens with zero attached hydrogens (tertiary/aromatic N) is 3. The van der Waals surface area contributed by atoms with E-state index in [0.717, 1.165) is 5.56 Å². The molecule has 6 nitrogen and oxygen atoms in total. The molecule has 0 bridgehead atoms. The summed E-state index contributed by atoms with van der Waals surface area (Å²) in [6.45, 7) is 0. The van der Waals surface area contributed by atoms with Crippen molar-refractivity contribution in [1.29, 1.82) is 0 Å². The number of hydrogen-bond acceptors (Lipinski definition) is 5. The molecule has 0 aliphatic carbocycles. The van der Waals surface area contributed by atoms with Crippen LogP contribution >= 0.6 is 0 Å². The topological polar surface area (TPSA) is 94.9 Å². The minimum atomic E-state index is -0.455. The van der Waals surface area contributed by atoms with Crippen LogP contribution in [-0.4, -0.2) is 14.9 Å². The molecule has 0 radical (unpaired) electrons. The average molecular weight is 230 g/mol. The molecule has 2 heterocycles. The van der Waals surface area contributed by atoms with Gasteiger partial charge in [0, 0.05) is 24.9 Å². The Hall–Kier alpha value is -2.50. The second-order valence-electron chi connectivity index (χ2n) is 3.49. The zero-order valence-corrected chi connectivity index (χ0v) is 8.91. The van der Waals surface area contributed by atoms with Crippen LogP contribution in [0.25, 0.3) is 0 Å². The van der Waals surface area contributed by atoms with E-state index in [1.165, 1.54) is 12.1 Å². The van der Waals surface area contributed by atoms with Gasteiger partial charge in [-0.05, 0) is 23.8 Å². The van der Waals surface area contributed by atoms with Crippen molar-refractivity contribution >= 4 is 11.5 Å². The first kappa shape index (κ1) is 11.0. The van der Waals surface area contributed by atoms with Crippen molar-refractivity contribution in [2.75, 3.05) is 5.73 Å². The molecule has 86 valence electrons. The lowest BCUT2D eigenvalue weighted by Gasteiger charge is -2.03. The third kappa shape index (κ3) is 2.54. The van der Waals surface area contributed by atoms with Crippen LogP contribution in [0.3, 0.4) is 0 Å². The molecule has 0 saturated heterocycles. The van der Waals surface area contributed by atoms with Crippen molar-refractivity contribution in [2.24, 2.45) is 0 Å². The number of nitrogen functional groups attached to an aromatic ring is 1. The van der Waals surface area contributed by atoms with E-state index in [0.29, 0.717) is 12.1 Å². The van der Waals surface area contributed by atoms with Gasteiger partial charge in [-0.2, -0.15) is 0 Å². The third-order valence-electron chi connectivity index (χ3n) is 2.29. The van der Waals surface area contributed by atoms with Gasteiger partial charge >= 0.3 is 0 Å². The van der Waals surface area contributed by atoms with Crippen molar-refractivity contribution < 1.29 is 4.92 Å². The molecule has 6 heteroatoms. The van der Waals surface area contributed by atoms with Gasteiger partial charge in [0.05, 0.1) is 4.92 Å². The highest BCUT2D eigenvalue weighted by Crippen LogP contribution is 2.20. The predicted molar refractivity (Wildman–Crippen MR) is 62.3 cm³/mol. The summed E-state index contributed by atoms with van der Waals surface area (Å²) in [4.78, 5) is 18.3. The maximum atomic E-state index is 10.8. The molecule has 0 saturated carbocycles. The Balaban J connectivity index is 2.37. The summed E-state index contributed by atoms with van der Waals surface area (Å²) in [5.74, 6) is 0.277. The molecule has 2 N–H and O–H groups in total. The molecule has 0 unspecified atom stereocenters. The third-order valence-corrected chi connectivity index (χ3v) is 2.29. The SMILES string of the molecule is Nc1ccc([N+](=O)[O-])c(Cc2ccncc2)n1. The minimum absolute atomic E-state index is 0.0176. The molecule has 2 aromatic rings. The van der Waals surface area contributed by atoms with E-state index < -0.39 is 4.92 Å². The number of nitro groups is 1. The number of anilines is 1. The number of hydrogen-bond donors (Lipinski definition) is 1. The van der Waals surface area contributed by atoms with E-state index in [1.54, 1.807) is 24.5 Å². The second-order valence-corrected chi connectivity index (χ2v) is 3.49. The molecule has 0 aliphatic rings. The quantitative estimate of drug-likeness (QED) is 0.637. The Labute approximate surface area is 97.3 Å². The van der Waals surface area contributed by atoms with Gasteiger partial charge in [-0.3, -0.25) is 15.1 Å². The fourth-order valence-corrected chi connectivity index (χ4v) is 1.50. The van der Waals surface area contributed by atoms with E-state index >= 15 is 0 Å². The van der Waals surface area contributed by atoms with Gasteiger partial charge in [0.1, 0.15) is 11.5 Å². The molecular weight excluding hydrogens is 220 g/mol. The van der Waals surface area contributed by atoms with Gasteiger partial charge in [0.15, 0.2) is 0 Å². The van der Waals surface area contributed by atoms with Crippen LogP contribution in [0, 0.1) is 10.1 Å². The normalized spacial score (nSPS) is 10.1. The van der Waals surface area contributed by atoms with E-state index in [1.807, 2.05) is 0 Å². The molecule has 0 aromatic carbocycles. The van der Waals surface area contributed by atoms with Crippen LogP contribution in [0.4, 0.5) is 11.5 Å². The van der Waals surface area contributed by atoms with Gasteiger partial charge in [-0.1, -0.05) is 0 Å². The summed E-state index contributed by atoms with van der Waals surface area (Å²) < 4.78 is 0. The number of pyridine rings is 2. The predicted octanol–water partition coefficient (Wildman–Crippen LogP) is 1.56. The lowest BCUT2D eigenvalue weighted by molar-refractivity contribution is -0.385. The van der Waals surface area contributed by atoms with Gasteiger partial charge in [-0.25, -0.2) is 4.98 Å². The Morgan fingerprint density at radius 1 is 1.24 bits per heavy atom. The molecule has 0 atom stereocenters. The molecule has 0 amide bonds. The number of nitrogens with two attached hydrogens (primary N) is 1. The summed E-state index contributed by atoms with van der Waals surface area (Å²) in [6.07, 6.45) is 3.63. The molecular formula is C11H10N4O2. The number of aromatic nitrogens is 2. The summed E-state index contributed by atoms with van der Waals surface area (Å²) in [7, 11) is 0. The van der Waals surface area contributed by atoms with Crippen LogP contribution in [0.2, 0.25) is 0 Å². The highest BCUT2D eigenvalue weighted by molar-refractivity contribution is 5.44. The van der Waals surface area contributed by atoms with Crippen LogP contribution in [-0.2, 0) is 6.42 Å². The maximum absolute atomic E-state index is 10.8. The van der Waals surface area contributed by atoms with E-state index in [4.69, 9.17) is 5.73 Å². The first-order valence-corrected chi connectivity index (χ1v) is 4.95. The Morgan fingerprint density at radius 3 is 2.59 bits per heavy atom. The maximum Gasteiger partial charge on any atom is 0.291 e. The minimum Gasteiger partial charge on any atom is -0.384 e. The van der Waals surface area contributed by atoms with Gasteiger partial charge < -0.3 is 5.73 Å². The molecule has 17 heavy (non-hydrogen) atoms. The fourth-order valence-electron chi connectivity index (χ4n) is 1.50. The Kier molecular flexibility index (Phi) is 2.95. The van der Waals surface area contributed by atoms with Crippen molar-refractivity contribution in [3.05, 3.63) is 58.0 Å². The van der Waals surface area contributed by atoms with Crippen LogP contribution in [0.15, 0.2) is 36.7 Å².